The number of benzene rings is 2. The maximum Gasteiger partial charge on any atom is 0.375 e. The first kappa shape index (κ1) is 22.6. The van der Waals surface area contributed by atoms with Crippen molar-refractivity contribution in [2.24, 2.45) is 0 Å². The van der Waals surface area contributed by atoms with Crippen molar-refractivity contribution in [3.8, 4) is 11.5 Å². The average molecular weight is 463 g/mol. The first-order valence-corrected chi connectivity index (χ1v) is 10.3. The van der Waals surface area contributed by atoms with Crippen LogP contribution >= 0.6 is 0 Å². The standard InChI is InChI=1S/C24H21N3O7/c1-30-19-10-6-5-9-18(19)25-21(28)13-20-26-22(34-27-20)15-33-24(29)23-16(11-12-31-23)14-32-17-7-3-2-4-8-17/h2-12H,13-15H2,1H3,(H,25,28). The molecule has 0 aliphatic rings. The highest BCUT2D eigenvalue weighted by molar-refractivity contribution is 5.93. The van der Waals surface area contributed by atoms with Crippen LogP contribution in [0.2, 0.25) is 0 Å². The number of hydrogen-bond acceptors (Lipinski definition) is 9. The lowest BCUT2D eigenvalue weighted by molar-refractivity contribution is -0.115. The molecule has 0 radical (unpaired) electrons. The molecule has 4 aromatic rings. The molecule has 0 atom stereocenters. The summed E-state index contributed by atoms with van der Waals surface area (Å²) in [6, 6.07) is 17.8. The molecule has 34 heavy (non-hydrogen) atoms. The van der Waals surface area contributed by atoms with Gasteiger partial charge in [0.1, 0.15) is 18.1 Å². The minimum Gasteiger partial charge on any atom is -0.495 e. The first-order chi connectivity index (χ1) is 16.6. The summed E-state index contributed by atoms with van der Waals surface area (Å²) in [6.07, 6.45) is 1.25. The topological polar surface area (TPSA) is 126 Å². The number of rotatable bonds is 10. The van der Waals surface area contributed by atoms with Gasteiger partial charge in [0.15, 0.2) is 12.4 Å². The molecule has 0 bridgehead atoms. The Morgan fingerprint density at radius 3 is 2.62 bits per heavy atom. The second-order valence-corrected chi connectivity index (χ2v) is 6.98. The molecule has 0 aliphatic heterocycles. The number of para-hydroxylation sites is 3. The summed E-state index contributed by atoms with van der Waals surface area (Å²) in [5.41, 5.74) is 1.06. The summed E-state index contributed by atoms with van der Waals surface area (Å²) < 4.78 is 26.4. The van der Waals surface area contributed by atoms with E-state index in [-0.39, 0.29) is 43.0 Å². The molecule has 4 rings (SSSR count). The quantitative estimate of drug-likeness (QED) is 0.350. The van der Waals surface area contributed by atoms with Gasteiger partial charge in [0.25, 0.3) is 5.89 Å². The van der Waals surface area contributed by atoms with Crippen LogP contribution in [0.3, 0.4) is 0 Å². The van der Waals surface area contributed by atoms with Gasteiger partial charge in [-0.05, 0) is 30.3 Å². The molecule has 0 fully saturated rings. The summed E-state index contributed by atoms with van der Waals surface area (Å²) in [5.74, 6) is 0.347. The van der Waals surface area contributed by atoms with Crippen LogP contribution < -0.4 is 14.8 Å². The molecule has 2 heterocycles. The zero-order chi connectivity index (χ0) is 23.8. The Morgan fingerprint density at radius 1 is 1.00 bits per heavy atom. The number of hydrogen-bond donors (Lipinski definition) is 1. The molecule has 0 saturated carbocycles. The summed E-state index contributed by atoms with van der Waals surface area (Å²) >= 11 is 0. The summed E-state index contributed by atoms with van der Waals surface area (Å²) in [6.45, 7) is -0.142. The molecular formula is C24H21N3O7. The van der Waals surface area contributed by atoms with Crippen LogP contribution in [0.1, 0.15) is 27.8 Å². The van der Waals surface area contributed by atoms with Crippen molar-refractivity contribution in [2.45, 2.75) is 19.6 Å². The lowest BCUT2D eigenvalue weighted by Crippen LogP contribution is -2.15. The van der Waals surface area contributed by atoms with Crippen molar-refractivity contribution >= 4 is 17.6 Å². The molecule has 2 aromatic heterocycles. The number of methoxy groups -OCH3 is 1. The third kappa shape index (κ3) is 5.80. The largest absolute Gasteiger partial charge is 0.495 e. The van der Waals surface area contributed by atoms with E-state index < -0.39 is 5.97 Å². The van der Waals surface area contributed by atoms with Crippen molar-refractivity contribution in [1.82, 2.24) is 10.1 Å². The van der Waals surface area contributed by atoms with Crippen LogP contribution in [-0.4, -0.2) is 29.1 Å². The fraction of sp³-hybridized carbons (Fsp3) is 0.167. The van der Waals surface area contributed by atoms with Crippen molar-refractivity contribution < 1.29 is 32.7 Å². The van der Waals surface area contributed by atoms with Crippen LogP contribution in [0.4, 0.5) is 5.69 Å². The van der Waals surface area contributed by atoms with Gasteiger partial charge in [-0.1, -0.05) is 35.5 Å². The number of nitrogens with zero attached hydrogens (tertiary/aromatic N) is 2. The van der Waals surface area contributed by atoms with E-state index in [0.29, 0.717) is 22.7 Å². The molecule has 0 aliphatic carbocycles. The molecule has 174 valence electrons. The first-order valence-electron chi connectivity index (χ1n) is 10.3. The van der Waals surface area contributed by atoms with Gasteiger partial charge in [-0.15, -0.1) is 0 Å². The molecule has 2 aromatic carbocycles. The Kier molecular flexibility index (Phi) is 7.19. The Bertz CT molecular complexity index is 1250. The van der Waals surface area contributed by atoms with Gasteiger partial charge in [-0.25, -0.2) is 4.79 Å². The maximum absolute atomic E-state index is 12.4. The van der Waals surface area contributed by atoms with Gasteiger partial charge in [0.2, 0.25) is 11.7 Å². The smallest absolute Gasteiger partial charge is 0.375 e. The van der Waals surface area contributed by atoms with E-state index in [9.17, 15) is 9.59 Å². The fourth-order valence-electron chi connectivity index (χ4n) is 3.01. The molecule has 10 nitrogen and oxygen atoms in total. The Hall–Kier alpha value is -4.60. The van der Waals surface area contributed by atoms with E-state index >= 15 is 0 Å². The molecule has 10 heteroatoms. The van der Waals surface area contributed by atoms with E-state index in [1.807, 2.05) is 30.3 Å². The predicted octanol–water partition coefficient (Wildman–Crippen LogP) is 3.79. The number of nitrogens with one attached hydrogen (secondary N) is 1. The van der Waals surface area contributed by atoms with Crippen LogP contribution in [0, 0.1) is 0 Å². The summed E-state index contributed by atoms with van der Waals surface area (Å²) in [7, 11) is 1.51. The minimum atomic E-state index is -0.703. The molecule has 0 saturated heterocycles. The van der Waals surface area contributed by atoms with E-state index in [0.717, 1.165) is 0 Å². The van der Waals surface area contributed by atoms with Crippen LogP contribution in [0.25, 0.3) is 0 Å². The Balaban J connectivity index is 1.28. The van der Waals surface area contributed by atoms with E-state index in [1.54, 1.807) is 30.3 Å². The van der Waals surface area contributed by atoms with Gasteiger partial charge in [0.05, 0.1) is 25.5 Å². The van der Waals surface area contributed by atoms with Gasteiger partial charge in [-0.2, -0.15) is 4.98 Å². The maximum atomic E-state index is 12.4. The van der Waals surface area contributed by atoms with Gasteiger partial charge >= 0.3 is 5.97 Å². The van der Waals surface area contributed by atoms with Crippen molar-refractivity contribution in [3.63, 3.8) is 0 Å². The Labute approximate surface area is 194 Å². The molecule has 0 spiro atoms. The normalized spacial score (nSPS) is 10.5. The summed E-state index contributed by atoms with van der Waals surface area (Å²) in [5, 5.41) is 6.47. The highest BCUT2D eigenvalue weighted by atomic mass is 16.6. The highest BCUT2D eigenvalue weighted by Crippen LogP contribution is 2.23. The summed E-state index contributed by atoms with van der Waals surface area (Å²) in [4.78, 5) is 28.8. The van der Waals surface area contributed by atoms with E-state index in [2.05, 4.69) is 15.5 Å². The van der Waals surface area contributed by atoms with Crippen LogP contribution in [0.5, 0.6) is 11.5 Å². The molecule has 0 unspecified atom stereocenters. The van der Waals surface area contributed by atoms with Crippen LogP contribution in [0.15, 0.2) is 75.9 Å². The number of aromatic nitrogens is 2. The third-order valence-electron chi connectivity index (χ3n) is 4.61. The second kappa shape index (κ2) is 10.8. The number of amides is 1. The monoisotopic (exact) mass is 463 g/mol. The molecular weight excluding hydrogens is 442 g/mol. The van der Waals surface area contributed by atoms with Gasteiger partial charge < -0.3 is 28.5 Å². The zero-order valence-corrected chi connectivity index (χ0v) is 18.2. The average Bonchev–Trinajstić information content (AvgIpc) is 3.51. The van der Waals surface area contributed by atoms with Crippen molar-refractivity contribution in [3.05, 3.63) is 90.0 Å². The van der Waals surface area contributed by atoms with Gasteiger partial charge in [-0.3, -0.25) is 4.79 Å². The lowest BCUT2D eigenvalue weighted by atomic mass is 10.2. The number of carbonyl (C=O) groups excluding carboxylic acids is 2. The number of anilines is 1. The third-order valence-corrected chi connectivity index (χ3v) is 4.61. The second-order valence-electron chi connectivity index (χ2n) is 6.98. The van der Waals surface area contributed by atoms with Crippen molar-refractivity contribution in [1.29, 1.82) is 0 Å². The number of ether oxygens (including phenoxy) is 3. The fourth-order valence-corrected chi connectivity index (χ4v) is 3.01. The lowest BCUT2D eigenvalue weighted by Gasteiger charge is -2.08. The van der Waals surface area contributed by atoms with Crippen molar-refractivity contribution in [2.75, 3.05) is 12.4 Å². The van der Waals surface area contributed by atoms with E-state index in [4.69, 9.17) is 23.2 Å². The highest BCUT2D eigenvalue weighted by Gasteiger charge is 2.19. The zero-order valence-electron chi connectivity index (χ0n) is 18.2. The Morgan fingerprint density at radius 2 is 1.79 bits per heavy atom. The number of carbonyl (C=O) groups is 2. The number of furan rings is 1. The van der Waals surface area contributed by atoms with Crippen LogP contribution in [-0.2, 0) is 29.2 Å². The van der Waals surface area contributed by atoms with E-state index in [1.165, 1.54) is 13.4 Å². The number of esters is 1. The molecule has 1 N–H and O–H groups in total. The SMILES string of the molecule is COc1ccccc1NC(=O)Cc1noc(COC(=O)c2occc2COc2ccccc2)n1. The predicted molar refractivity (Wildman–Crippen MR) is 118 cm³/mol. The molecule has 1 amide bonds. The minimum absolute atomic E-state index is 0.0202. The van der Waals surface area contributed by atoms with Gasteiger partial charge in [0, 0.05) is 5.56 Å².